The van der Waals surface area contributed by atoms with Crippen molar-refractivity contribution in [2.24, 2.45) is 4.99 Å². The summed E-state index contributed by atoms with van der Waals surface area (Å²) in [5.74, 6) is 0.713. The van der Waals surface area contributed by atoms with E-state index in [1.54, 1.807) is 19.3 Å². The third-order valence-corrected chi connectivity index (χ3v) is 3.28. The maximum Gasteiger partial charge on any atom is 0.191 e. The highest BCUT2D eigenvalue weighted by atomic mass is 35.5. The molecule has 1 heterocycles. The minimum atomic E-state index is 0.488. The Labute approximate surface area is 134 Å². The predicted molar refractivity (Wildman–Crippen MR) is 87.7 cm³/mol. The maximum absolute atomic E-state index is 5.96. The Bertz CT molecular complexity index is 611. The van der Waals surface area contributed by atoms with Crippen LogP contribution in [0.5, 0.6) is 0 Å². The summed E-state index contributed by atoms with van der Waals surface area (Å²) in [6.45, 7) is 1.28. The lowest BCUT2D eigenvalue weighted by atomic mass is 10.2. The highest BCUT2D eigenvalue weighted by Crippen LogP contribution is 2.10. The van der Waals surface area contributed by atoms with Gasteiger partial charge in [0.2, 0.25) is 0 Å². The van der Waals surface area contributed by atoms with Crippen molar-refractivity contribution in [1.29, 1.82) is 0 Å². The van der Waals surface area contributed by atoms with Crippen LogP contribution in [0.2, 0.25) is 10.2 Å². The SMILES string of the molecule is CN=C(NCc1ccc(Cl)nc1)NCc1cccc(Cl)c1. The van der Waals surface area contributed by atoms with Gasteiger partial charge >= 0.3 is 0 Å². The third kappa shape index (κ3) is 5.25. The number of halogens is 2. The Morgan fingerprint density at radius 2 is 1.86 bits per heavy atom. The molecule has 0 aliphatic heterocycles. The van der Waals surface area contributed by atoms with Crippen molar-refractivity contribution in [3.63, 3.8) is 0 Å². The van der Waals surface area contributed by atoms with Gasteiger partial charge in [-0.15, -0.1) is 0 Å². The molecule has 0 unspecified atom stereocenters. The number of guanidine groups is 1. The van der Waals surface area contributed by atoms with E-state index in [-0.39, 0.29) is 0 Å². The second-order valence-corrected chi connectivity index (χ2v) is 5.22. The van der Waals surface area contributed by atoms with Crippen molar-refractivity contribution in [3.8, 4) is 0 Å². The van der Waals surface area contributed by atoms with E-state index >= 15 is 0 Å². The summed E-state index contributed by atoms with van der Waals surface area (Å²) in [5.41, 5.74) is 2.13. The van der Waals surface area contributed by atoms with Gasteiger partial charge in [-0.3, -0.25) is 4.99 Å². The monoisotopic (exact) mass is 322 g/mol. The molecule has 0 radical (unpaired) electrons. The van der Waals surface area contributed by atoms with Crippen LogP contribution in [0, 0.1) is 0 Å². The zero-order valence-corrected chi connectivity index (χ0v) is 13.1. The van der Waals surface area contributed by atoms with Crippen LogP contribution in [-0.2, 0) is 13.1 Å². The number of nitrogens with zero attached hydrogens (tertiary/aromatic N) is 2. The number of benzene rings is 1. The molecule has 0 saturated heterocycles. The summed E-state index contributed by atoms with van der Waals surface area (Å²) in [5, 5.41) is 7.66. The van der Waals surface area contributed by atoms with Crippen LogP contribution in [0.3, 0.4) is 0 Å². The van der Waals surface area contributed by atoms with Crippen molar-refractivity contribution in [1.82, 2.24) is 15.6 Å². The molecule has 0 aliphatic rings. The number of hydrogen-bond acceptors (Lipinski definition) is 2. The van der Waals surface area contributed by atoms with Crippen molar-refractivity contribution >= 4 is 29.2 Å². The number of aromatic nitrogens is 1. The molecule has 6 heteroatoms. The molecule has 0 aliphatic carbocycles. The van der Waals surface area contributed by atoms with Gasteiger partial charge in [-0.25, -0.2) is 4.98 Å². The molecule has 21 heavy (non-hydrogen) atoms. The molecule has 2 N–H and O–H groups in total. The van der Waals surface area contributed by atoms with Crippen molar-refractivity contribution in [2.75, 3.05) is 7.05 Å². The summed E-state index contributed by atoms with van der Waals surface area (Å²) < 4.78 is 0. The minimum Gasteiger partial charge on any atom is -0.352 e. The largest absolute Gasteiger partial charge is 0.352 e. The van der Waals surface area contributed by atoms with E-state index in [4.69, 9.17) is 23.2 Å². The molecule has 2 rings (SSSR count). The molecule has 0 bridgehead atoms. The van der Waals surface area contributed by atoms with E-state index in [0.717, 1.165) is 16.1 Å². The van der Waals surface area contributed by atoms with Crippen LogP contribution >= 0.6 is 23.2 Å². The Morgan fingerprint density at radius 1 is 1.10 bits per heavy atom. The van der Waals surface area contributed by atoms with Crippen molar-refractivity contribution < 1.29 is 0 Å². The first-order valence-corrected chi connectivity index (χ1v) is 7.22. The number of nitrogens with one attached hydrogen (secondary N) is 2. The summed E-state index contributed by atoms with van der Waals surface area (Å²) >= 11 is 11.7. The van der Waals surface area contributed by atoms with Crippen LogP contribution in [0.4, 0.5) is 0 Å². The van der Waals surface area contributed by atoms with Crippen LogP contribution in [0.15, 0.2) is 47.6 Å². The average molecular weight is 323 g/mol. The van der Waals surface area contributed by atoms with Crippen molar-refractivity contribution in [3.05, 3.63) is 63.9 Å². The van der Waals surface area contributed by atoms with Gasteiger partial charge in [0, 0.05) is 31.4 Å². The second kappa shape index (κ2) is 7.86. The minimum absolute atomic E-state index is 0.488. The van der Waals surface area contributed by atoms with E-state index in [2.05, 4.69) is 20.6 Å². The summed E-state index contributed by atoms with van der Waals surface area (Å²) in [7, 11) is 1.73. The third-order valence-electron chi connectivity index (χ3n) is 2.82. The molecule has 0 fully saturated rings. The molecular weight excluding hydrogens is 307 g/mol. The Morgan fingerprint density at radius 3 is 2.48 bits per heavy atom. The fourth-order valence-corrected chi connectivity index (χ4v) is 2.07. The van der Waals surface area contributed by atoms with Crippen molar-refractivity contribution in [2.45, 2.75) is 13.1 Å². The maximum atomic E-state index is 5.96. The topological polar surface area (TPSA) is 49.3 Å². The van der Waals surface area contributed by atoms with Crippen LogP contribution in [0.1, 0.15) is 11.1 Å². The van der Waals surface area contributed by atoms with Crippen LogP contribution < -0.4 is 10.6 Å². The summed E-state index contributed by atoms with van der Waals surface area (Å²) in [6.07, 6.45) is 1.74. The quantitative estimate of drug-likeness (QED) is 0.516. The molecule has 4 nitrogen and oxygen atoms in total. The van der Waals surface area contributed by atoms with Gasteiger partial charge in [-0.2, -0.15) is 0 Å². The van der Waals surface area contributed by atoms with Gasteiger partial charge in [-0.1, -0.05) is 41.4 Å². The molecule has 0 atom stereocenters. The van der Waals surface area contributed by atoms with Crippen LogP contribution in [0.25, 0.3) is 0 Å². The second-order valence-electron chi connectivity index (χ2n) is 4.40. The number of pyridine rings is 1. The zero-order valence-electron chi connectivity index (χ0n) is 11.6. The molecule has 0 spiro atoms. The lowest BCUT2D eigenvalue weighted by Gasteiger charge is -2.12. The number of rotatable bonds is 4. The van der Waals surface area contributed by atoms with Gasteiger partial charge in [-0.05, 0) is 29.3 Å². The molecule has 0 saturated carbocycles. The Balaban J connectivity index is 1.85. The summed E-state index contributed by atoms with van der Waals surface area (Å²) in [4.78, 5) is 8.21. The summed E-state index contributed by atoms with van der Waals surface area (Å²) in [6, 6.07) is 11.4. The van der Waals surface area contributed by atoms with E-state index in [1.807, 2.05) is 30.3 Å². The van der Waals surface area contributed by atoms with Gasteiger partial charge < -0.3 is 10.6 Å². The normalized spacial score (nSPS) is 11.3. The lowest BCUT2D eigenvalue weighted by Crippen LogP contribution is -2.36. The molecule has 1 aromatic heterocycles. The highest BCUT2D eigenvalue weighted by molar-refractivity contribution is 6.30. The number of hydrogen-bond donors (Lipinski definition) is 2. The number of aliphatic imine (C=N–C) groups is 1. The molecular formula is C15H16Cl2N4. The molecule has 1 aromatic carbocycles. The fraction of sp³-hybridized carbons (Fsp3) is 0.200. The molecule has 110 valence electrons. The van der Waals surface area contributed by atoms with Gasteiger partial charge in [0.15, 0.2) is 5.96 Å². The van der Waals surface area contributed by atoms with E-state index in [1.165, 1.54) is 0 Å². The zero-order chi connectivity index (χ0) is 15.1. The Kier molecular flexibility index (Phi) is 5.84. The average Bonchev–Trinajstić information content (AvgIpc) is 2.49. The lowest BCUT2D eigenvalue weighted by molar-refractivity contribution is 0.807. The standard InChI is InChI=1S/C15H16Cl2N4/c1-18-15(20-8-11-3-2-4-13(16)7-11)21-10-12-5-6-14(17)19-9-12/h2-7,9H,8,10H2,1H3,(H2,18,20,21). The fourth-order valence-electron chi connectivity index (χ4n) is 1.75. The van der Waals surface area contributed by atoms with Crippen LogP contribution in [-0.4, -0.2) is 18.0 Å². The first kappa shape index (κ1) is 15.6. The van der Waals surface area contributed by atoms with E-state index in [0.29, 0.717) is 24.2 Å². The molecule has 0 amide bonds. The van der Waals surface area contributed by atoms with Gasteiger partial charge in [0.1, 0.15) is 5.15 Å². The van der Waals surface area contributed by atoms with Gasteiger partial charge in [0.25, 0.3) is 0 Å². The predicted octanol–water partition coefficient (Wildman–Crippen LogP) is 3.25. The van der Waals surface area contributed by atoms with E-state index in [9.17, 15) is 0 Å². The Hall–Kier alpha value is -1.78. The highest BCUT2D eigenvalue weighted by Gasteiger charge is 2.00. The molecule has 2 aromatic rings. The first-order chi connectivity index (χ1) is 10.2. The van der Waals surface area contributed by atoms with Gasteiger partial charge in [0.05, 0.1) is 0 Å². The smallest absolute Gasteiger partial charge is 0.191 e. The first-order valence-electron chi connectivity index (χ1n) is 6.47. The van der Waals surface area contributed by atoms with E-state index < -0.39 is 0 Å².